The molecule has 0 unspecified atom stereocenters. The first-order valence-corrected chi connectivity index (χ1v) is 6.02. The highest BCUT2D eigenvalue weighted by Crippen LogP contribution is 2.25. The molecule has 0 aliphatic heterocycles. The minimum Gasteiger partial charge on any atom is -0.396 e. The van der Waals surface area contributed by atoms with Crippen LogP contribution in [-0.4, -0.2) is 21.3 Å². The molecule has 0 atom stereocenters. The van der Waals surface area contributed by atoms with Crippen molar-refractivity contribution in [1.82, 2.24) is 9.55 Å². The number of rotatable bonds is 3. The minimum atomic E-state index is 0.000278. The average Bonchev–Trinajstić information content (AvgIpc) is 2.55. The third-order valence-electron chi connectivity index (χ3n) is 2.71. The number of hydrogen-bond acceptors (Lipinski definition) is 4. The number of thiophene rings is 1. The van der Waals surface area contributed by atoms with Crippen molar-refractivity contribution >= 4 is 21.6 Å². The molecule has 0 saturated heterocycles. The summed E-state index contributed by atoms with van der Waals surface area (Å²) in [5.74, 6) is 0. The molecule has 86 valence electrons. The van der Waals surface area contributed by atoms with E-state index in [0.717, 1.165) is 20.7 Å². The molecular weight excluding hydrogens is 224 g/mol. The summed E-state index contributed by atoms with van der Waals surface area (Å²) in [5, 5.41) is 9.48. The summed E-state index contributed by atoms with van der Waals surface area (Å²) >= 11 is 1.55. The van der Waals surface area contributed by atoms with Gasteiger partial charge >= 0.3 is 0 Å². The largest absolute Gasteiger partial charge is 0.396 e. The molecule has 0 aliphatic carbocycles. The molecule has 2 aromatic rings. The van der Waals surface area contributed by atoms with E-state index in [2.05, 4.69) is 4.98 Å². The molecule has 2 rings (SSSR count). The van der Waals surface area contributed by atoms with Gasteiger partial charge in [0.05, 0.1) is 11.7 Å². The molecule has 0 spiro atoms. The van der Waals surface area contributed by atoms with Gasteiger partial charge in [0.2, 0.25) is 0 Å². The fraction of sp³-hybridized carbons (Fsp3) is 0.455. The smallest absolute Gasteiger partial charge is 0.262 e. The van der Waals surface area contributed by atoms with E-state index in [1.165, 1.54) is 0 Å². The second-order valence-corrected chi connectivity index (χ2v) is 4.99. The van der Waals surface area contributed by atoms with E-state index in [1.54, 1.807) is 22.2 Å². The van der Waals surface area contributed by atoms with Gasteiger partial charge in [-0.05, 0) is 25.8 Å². The highest BCUT2D eigenvalue weighted by atomic mass is 32.1. The van der Waals surface area contributed by atoms with Crippen LogP contribution < -0.4 is 5.56 Å². The molecule has 4 nitrogen and oxygen atoms in total. The maximum absolute atomic E-state index is 12.1. The monoisotopic (exact) mass is 238 g/mol. The maximum atomic E-state index is 12.1. The second kappa shape index (κ2) is 4.35. The van der Waals surface area contributed by atoms with E-state index in [4.69, 9.17) is 5.11 Å². The zero-order valence-electron chi connectivity index (χ0n) is 9.36. The van der Waals surface area contributed by atoms with Crippen LogP contribution >= 0.6 is 11.3 Å². The van der Waals surface area contributed by atoms with Gasteiger partial charge in [-0.1, -0.05) is 0 Å². The predicted octanol–water partition coefficient (Wildman–Crippen LogP) is 1.46. The molecule has 0 bridgehead atoms. The van der Waals surface area contributed by atoms with Gasteiger partial charge in [-0.2, -0.15) is 0 Å². The van der Waals surface area contributed by atoms with E-state index in [9.17, 15) is 4.79 Å². The molecule has 0 radical (unpaired) electrons. The van der Waals surface area contributed by atoms with E-state index >= 15 is 0 Å². The van der Waals surface area contributed by atoms with Gasteiger partial charge in [-0.3, -0.25) is 9.36 Å². The molecule has 0 amide bonds. The lowest BCUT2D eigenvalue weighted by atomic mass is 10.2. The lowest BCUT2D eigenvalue weighted by Crippen LogP contribution is -2.21. The third-order valence-corrected chi connectivity index (χ3v) is 3.83. The van der Waals surface area contributed by atoms with E-state index in [-0.39, 0.29) is 12.2 Å². The molecular formula is C11H14N2O2S. The molecule has 2 heterocycles. The summed E-state index contributed by atoms with van der Waals surface area (Å²) in [6.07, 6.45) is 2.14. The number of nitrogens with zero attached hydrogens (tertiary/aromatic N) is 2. The molecule has 16 heavy (non-hydrogen) atoms. The van der Waals surface area contributed by atoms with Crippen molar-refractivity contribution < 1.29 is 5.11 Å². The van der Waals surface area contributed by atoms with Gasteiger partial charge in [-0.25, -0.2) is 4.98 Å². The number of aromatic nitrogens is 2. The van der Waals surface area contributed by atoms with Crippen LogP contribution in [0.4, 0.5) is 0 Å². The van der Waals surface area contributed by atoms with Crippen LogP contribution in [0.1, 0.15) is 16.9 Å². The Labute approximate surface area is 97.2 Å². The van der Waals surface area contributed by atoms with Crippen LogP contribution in [0, 0.1) is 13.8 Å². The zero-order chi connectivity index (χ0) is 11.7. The van der Waals surface area contributed by atoms with Crippen LogP contribution in [0.5, 0.6) is 0 Å². The molecule has 5 heteroatoms. The maximum Gasteiger partial charge on any atom is 0.262 e. The molecule has 0 aliphatic rings. The van der Waals surface area contributed by atoms with Crippen LogP contribution in [-0.2, 0) is 6.54 Å². The highest BCUT2D eigenvalue weighted by Gasteiger charge is 2.11. The van der Waals surface area contributed by atoms with E-state index in [0.29, 0.717) is 13.0 Å². The standard InChI is InChI=1S/C11H14N2O2S/c1-7-8(2)16-10-9(7)11(15)13(6-12-10)4-3-5-14/h6,14H,3-5H2,1-2H3. The Balaban J connectivity index is 2.59. The molecule has 1 N–H and O–H groups in total. The second-order valence-electron chi connectivity index (χ2n) is 3.78. The van der Waals surface area contributed by atoms with Gasteiger partial charge in [0.25, 0.3) is 5.56 Å². The summed E-state index contributed by atoms with van der Waals surface area (Å²) in [6, 6.07) is 0. The van der Waals surface area contributed by atoms with Gasteiger partial charge in [0.1, 0.15) is 4.83 Å². The van der Waals surface area contributed by atoms with Gasteiger partial charge in [0.15, 0.2) is 0 Å². The van der Waals surface area contributed by atoms with Gasteiger partial charge in [-0.15, -0.1) is 11.3 Å². The fourth-order valence-corrected chi connectivity index (χ4v) is 2.66. The van der Waals surface area contributed by atoms with Gasteiger partial charge < -0.3 is 5.11 Å². The number of hydrogen-bond donors (Lipinski definition) is 1. The summed E-state index contributed by atoms with van der Waals surface area (Å²) in [5.41, 5.74) is 1.02. The molecule has 0 saturated carbocycles. The Morgan fingerprint density at radius 1 is 1.50 bits per heavy atom. The number of aliphatic hydroxyl groups is 1. The Bertz CT molecular complexity index is 571. The Morgan fingerprint density at radius 2 is 2.25 bits per heavy atom. The summed E-state index contributed by atoms with van der Waals surface area (Å²) in [7, 11) is 0. The number of aryl methyl sites for hydroxylation is 3. The summed E-state index contributed by atoms with van der Waals surface area (Å²) in [6.45, 7) is 4.56. The zero-order valence-corrected chi connectivity index (χ0v) is 10.2. The normalized spacial score (nSPS) is 11.2. The van der Waals surface area contributed by atoms with Crippen LogP contribution in [0.2, 0.25) is 0 Å². The van der Waals surface area contributed by atoms with Crippen molar-refractivity contribution in [2.75, 3.05) is 6.61 Å². The number of aliphatic hydroxyl groups excluding tert-OH is 1. The minimum absolute atomic E-state index is 0.000278. The molecule has 2 aromatic heterocycles. The lowest BCUT2D eigenvalue weighted by Gasteiger charge is -2.03. The first-order chi connectivity index (χ1) is 7.65. The van der Waals surface area contributed by atoms with Crippen molar-refractivity contribution in [2.24, 2.45) is 0 Å². The van der Waals surface area contributed by atoms with E-state index < -0.39 is 0 Å². The van der Waals surface area contributed by atoms with Crippen LogP contribution in [0.15, 0.2) is 11.1 Å². The van der Waals surface area contributed by atoms with Crippen molar-refractivity contribution in [1.29, 1.82) is 0 Å². The lowest BCUT2D eigenvalue weighted by molar-refractivity contribution is 0.279. The quantitative estimate of drug-likeness (QED) is 0.880. The Kier molecular flexibility index (Phi) is 3.07. The fourth-order valence-electron chi connectivity index (χ4n) is 1.67. The molecule has 0 aromatic carbocycles. The Morgan fingerprint density at radius 3 is 2.94 bits per heavy atom. The van der Waals surface area contributed by atoms with Gasteiger partial charge in [0, 0.05) is 18.0 Å². The topological polar surface area (TPSA) is 55.1 Å². The van der Waals surface area contributed by atoms with E-state index in [1.807, 2.05) is 13.8 Å². The third kappa shape index (κ3) is 1.76. The Hall–Kier alpha value is -1.20. The summed E-state index contributed by atoms with van der Waals surface area (Å²) in [4.78, 5) is 18.3. The van der Waals surface area contributed by atoms with Crippen molar-refractivity contribution in [2.45, 2.75) is 26.8 Å². The van der Waals surface area contributed by atoms with Crippen molar-refractivity contribution in [3.63, 3.8) is 0 Å². The molecule has 0 fully saturated rings. The first-order valence-electron chi connectivity index (χ1n) is 5.21. The van der Waals surface area contributed by atoms with Crippen LogP contribution in [0.3, 0.4) is 0 Å². The summed E-state index contributed by atoms with van der Waals surface area (Å²) < 4.78 is 1.57. The average molecular weight is 238 g/mol. The SMILES string of the molecule is Cc1sc2ncn(CCCO)c(=O)c2c1C. The predicted molar refractivity (Wildman–Crippen MR) is 65.1 cm³/mol. The van der Waals surface area contributed by atoms with Crippen molar-refractivity contribution in [3.05, 3.63) is 27.1 Å². The van der Waals surface area contributed by atoms with Crippen molar-refractivity contribution in [3.8, 4) is 0 Å². The first kappa shape index (κ1) is 11.3. The number of fused-ring (bicyclic) bond motifs is 1. The van der Waals surface area contributed by atoms with Crippen LogP contribution in [0.25, 0.3) is 10.2 Å². The highest BCUT2D eigenvalue weighted by molar-refractivity contribution is 7.18.